The maximum Gasteiger partial charge on any atom is 0.295 e. The van der Waals surface area contributed by atoms with Crippen molar-refractivity contribution in [1.29, 1.82) is 0 Å². The zero-order valence-corrected chi connectivity index (χ0v) is 20.3. The van der Waals surface area contributed by atoms with Crippen molar-refractivity contribution < 1.29 is 19.4 Å². The monoisotopic (exact) mass is 480 g/mol. The minimum atomic E-state index is -0.702. The molecule has 1 atom stereocenters. The number of aryl methyl sites for hydroxylation is 1. The highest BCUT2D eigenvalue weighted by molar-refractivity contribution is 6.46. The fourth-order valence-corrected chi connectivity index (χ4v) is 4.82. The Morgan fingerprint density at radius 1 is 1.00 bits per heavy atom. The summed E-state index contributed by atoms with van der Waals surface area (Å²) in [4.78, 5) is 31.4. The van der Waals surface area contributed by atoms with Crippen LogP contribution < -0.4 is 4.74 Å². The number of amides is 1. The van der Waals surface area contributed by atoms with Crippen molar-refractivity contribution in [2.45, 2.75) is 26.3 Å². The lowest BCUT2D eigenvalue weighted by molar-refractivity contribution is -0.139. The van der Waals surface area contributed by atoms with E-state index in [9.17, 15) is 14.7 Å². The number of ketones is 1. The number of hydrogen-bond donors (Lipinski definition) is 2. The quantitative estimate of drug-likeness (QED) is 0.207. The maximum absolute atomic E-state index is 13.3. The molecule has 1 aliphatic rings. The van der Waals surface area contributed by atoms with Crippen molar-refractivity contribution in [3.63, 3.8) is 0 Å². The first kappa shape index (κ1) is 23.4. The summed E-state index contributed by atoms with van der Waals surface area (Å²) in [6, 6.07) is 21.9. The van der Waals surface area contributed by atoms with Crippen LogP contribution in [0.15, 0.2) is 84.6 Å². The van der Waals surface area contributed by atoms with Gasteiger partial charge < -0.3 is 19.7 Å². The van der Waals surface area contributed by atoms with Gasteiger partial charge in [-0.3, -0.25) is 9.59 Å². The van der Waals surface area contributed by atoms with Gasteiger partial charge >= 0.3 is 0 Å². The highest BCUT2D eigenvalue weighted by atomic mass is 16.5. The molecule has 1 fully saturated rings. The topological polar surface area (TPSA) is 82.6 Å². The number of rotatable bonds is 7. The van der Waals surface area contributed by atoms with Gasteiger partial charge in [0, 0.05) is 29.2 Å². The van der Waals surface area contributed by atoms with Crippen LogP contribution in [0.4, 0.5) is 0 Å². The molecule has 6 heteroatoms. The molecule has 0 bridgehead atoms. The number of nitrogens with zero attached hydrogens (tertiary/aromatic N) is 1. The number of fused-ring (bicyclic) bond motifs is 1. The molecule has 0 spiro atoms. The second-order valence-electron chi connectivity index (χ2n) is 8.97. The Kier molecular flexibility index (Phi) is 6.34. The summed E-state index contributed by atoms with van der Waals surface area (Å²) in [6.07, 6.45) is 2.51. The number of aliphatic hydroxyl groups is 1. The zero-order chi connectivity index (χ0) is 25.2. The molecule has 36 heavy (non-hydrogen) atoms. The van der Waals surface area contributed by atoms with Gasteiger partial charge in [0.1, 0.15) is 11.5 Å². The fourth-order valence-electron chi connectivity index (χ4n) is 4.82. The number of ether oxygens (including phenoxy) is 1. The lowest BCUT2D eigenvalue weighted by Crippen LogP contribution is -2.31. The molecular formula is C30H28N2O4. The van der Waals surface area contributed by atoms with Crippen molar-refractivity contribution in [3.05, 3.63) is 107 Å². The number of aromatic amines is 1. The van der Waals surface area contributed by atoms with Gasteiger partial charge in [0.05, 0.1) is 18.2 Å². The van der Waals surface area contributed by atoms with Crippen LogP contribution in [0.2, 0.25) is 0 Å². The van der Waals surface area contributed by atoms with E-state index in [0.29, 0.717) is 30.9 Å². The van der Waals surface area contributed by atoms with Crippen LogP contribution in [0.1, 0.15) is 35.2 Å². The van der Waals surface area contributed by atoms with Crippen molar-refractivity contribution in [3.8, 4) is 5.75 Å². The van der Waals surface area contributed by atoms with Crippen LogP contribution in [0.5, 0.6) is 5.75 Å². The molecule has 0 aliphatic carbocycles. The number of aliphatic hydroxyl groups excluding tert-OH is 1. The van der Waals surface area contributed by atoms with Crippen LogP contribution in [0.25, 0.3) is 16.7 Å². The molecular weight excluding hydrogens is 452 g/mol. The largest absolute Gasteiger partial charge is 0.507 e. The number of benzene rings is 3. The summed E-state index contributed by atoms with van der Waals surface area (Å²) in [5, 5.41) is 12.3. The van der Waals surface area contributed by atoms with Crippen molar-refractivity contribution in [2.24, 2.45) is 0 Å². The second kappa shape index (κ2) is 9.74. The third-order valence-corrected chi connectivity index (χ3v) is 6.67. The predicted octanol–water partition coefficient (Wildman–Crippen LogP) is 5.54. The van der Waals surface area contributed by atoms with Gasteiger partial charge in [-0.2, -0.15) is 0 Å². The van der Waals surface area contributed by atoms with Crippen LogP contribution in [-0.4, -0.2) is 39.8 Å². The first-order valence-electron chi connectivity index (χ1n) is 12.1. The highest BCUT2D eigenvalue weighted by Crippen LogP contribution is 2.40. The number of aromatic nitrogens is 1. The third kappa shape index (κ3) is 4.26. The smallest absolute Gasteiger partial charge is 0.295 e. The number of para-hydroxylation sites is 1. The van der Waals surface area contributed by atoms with Crippen molar-refractivity contribution >= 4 is 28.4 Å². The highest BCUT2D eigenvalue weighted by Gasteiger charge is 2.45. The first-order chi connectivity index (χ1) is 17.5. The van der Waals surface area contributed by atoms with Gasteiger partial charge in [-0.1, -0.05) is 60.2 Å². The molecule has 1 amide bonds. The van der Waals surface area contributed by atoms with Gasteiger partial charge in [-0.05, 0) is 49.6 Å². The minimum absolute atomic E-state index is 0.104. The molecule has 5 rings (SSSR count). The minimum Gasteiger partial charge on any atom is -0.507 e. The number of hydrogen-bond acceptors (Lipinski definition) is 4. The summed E-state index contributed by atoms with van der Waals surface area (Å²) < 4.78 is 5.57. The molecule has 4 aromatic rings. The number of Topliss-reactive ketones (excluding diaryl/α,β-unsaturated/α-hetero) is 1. The molecule has 1 saturated heterocycles. The molecule has 1 aliphatic heterocycles. The van der Waals surface area contributed by atoms with Gasteiger partial charge in [0.2, 0.25) is 0 Å². The lowest BCUT2D eigenvalue weighted by Gasteiger charge is -2.25. The second-order valence-corrected chi connectivity index (χ2v) is 8.97. The third-order valence-electron chi connectivity index (χ3n) is 6.67. The molecule has 0 unspecified atom stereocenters. The molecule has 6 nitrogen and oxygen atoms in total. The van der Waals surface area contributed by atoms with Crippen LogP contribution in [0.3, 0.4) is 0 Å². The molecule has 1 aromatic heterocycles. The molecule has 3 aromatic carbocycles. The van der Waals surface area contributed by atoms with Gasteiger partial charge in [-0.15, -0.1) is 0 Å². The zero-order valence-electron chi connectivity index (χ0n) is 20.3. The SMILES string of the molecule is CCOc1ccc([C@@H]2C(=C(O)c3ccc(C)cc3)C(=O)C(=O)N2CCc2c[nH]c3ccccc23)cc1. The van der Waals surface area contributed by atoms with Gasteiger partial charge in [0.15, 0.2) is 0 Å². The number of carbonyl (C=O) groups is 2. The molecule has 182 valence electrons. The average Bonchev–Trinajstić information content (AvgIpc) is 3.42. The van der Waals surface area contributed by atoms with E-state index in [4.69, 9.17) is 4.74 Å². The van der Waals surface area contributed by atoms with E-state index in [1.54, 1.807) is 17.0 Å². The summed E-state index contributed by atoms with van der Waals surface area (Å²) in [5.41, 5.74) is 4.48. The normalized spacial score (nSPS) is 17.2. The van der Waals surface area contributed by atoms with E-state index < -0.39 is 17.7 Å². The Morgan fingerprint density at radius 3 is 2.44 bits per heavy atom. The van der Waals surface area contributed by atoms with Gasteiger partial charge in [0.25, 0.3) is 11.7 Å². The van der Waals surface area contributed by atoms with Crippen LogP contribution in [0, 0.1) is 6.92 Å². The van der Waals surface area contributed by atoms with Crippen LogP contribution in [-0.2, 0) is 16.0 Å². The maximum atomic E-state index is 13.3. The number of likely N-dealkylation sites (tertiary alicyclic amines) is 1. The van der Waals surface area contributed by atoms with Crippen LogP contribution >= 0.6 is 0 Å². The van der Waals surface area contributed by atoms with E-state index >= 15 is 0 Å². The predicted molar refractivity (Wildman–Crippen MR) is 140 cm³/mol. The summed E-state index contributed by atoms with van der Waals surface area (Å²) in [5.74, 6) is -0.745. The molecule has 0 saturated carbocycles. The summed E-state index contributed by atoms with van der Waals surface area (Å²) in [6.45, 7) is 4.73. The van der Waals surface area contributed by atoms with Gasteiger partial charge in [-0.25, -0.2) is 0 Å². The fraction of sp³-hybridized carbons (Fsp3) is 0.200. The average molecular weight is 481 g/mol. The Labute approximate surface area is 209 Å². The standard InChI is InChI=1S/C30H28N2O4/c1-3-36-23-14-12-20(13-15-23)27-26(28(33)21-10-8-19(2)9-11-21)29(34)30(35)32(27)17-16-22-18-31-25-7-5-4-6-24(22)25/h4-15,18,27,31,33H,3,16-17H2,1-2H3/t27-/m1/s1. The summed E-state index contributed by atoms with van der Waals surface area (Å²) >= 11 is 0. The Hall–Kier alpha value is -4.32. The van der Waals surface area contributed by atoms with E-state index in [0.717, 1.165) is 27.6 Å². The Balaban J connectivity index is 1.55. The number of carbonyl (C=O) groups excluding carboxylic acids is 2. The Bertz CT molecular complexity index is 1450. The molecule has 0 radical (unpaired) electrons. The molecule has 2 heterocycles. The van der Waals surface area contributed by atoms with Crippen molar-refractivity contribution in [2.75, 3.05) is 13.2 Å². The van der Waals surface area contributed by atoms with E-state index in [1.807, 2.05) is 80.7 Å². The lowest BCUT2D eigenvalue weighted by atomic mass is 9.95. The molecule has 2 N–H and O–H groups in total. The van der Waals surface area contributed by atoms with E-state index in [-0.39, 0.29) is 11.3 Å². The number of H-pyrrole nitrogens is 1. The summed E-state index contributed by atoms with van der Waals surface area (Å²) in [7, 11) is 0. The Morgan fingerprint density at radius 2 is 1.72 bits per heavy atom. The van der Waals surface area contributed by atoms with Crippen molar-refractivity contribution in [1.82, 2.24) is 9.88 Å². The number of nitrogens with one attached hydrogen (secondary N) is 1. The van der Waals surface area contributed by atoms with E-state index in [1.165, 1.54) is 0 Å². The first-order valence-corrected chi connectivity index (χ1v) is 12.1. The van der Waals surface area contributed by atoms with E-state index in [2.05, 4.69) is 4.98 Å².